The molecule has 1 heterocycles. The van der Waals surface area contributed by atoms with Crippen LogP contribution in [0.1, 0.15) is 0 Å². The van der Waals surface area contributed by atoms with E-state index in [1.807, 2.05) is 12.1 Å². The fourth-order valence-electron chi connectivity index (χ4n) is 1.31. The first kappa shape index (κ1) is 9.68. The lowest BCUT2D eigenvalue weighted by atomic mass is 10.1. The molecule has 1 aromatic carbocycles. The van der Waals surface area contributed by atoms with Gasteiger partial charge in [0, 0.05) is 22.3 Å². The first-order valence-electron chi connectivity index (χ1n) is 4.57. The molecule has 1 atom stereocenters. The van der Waals surface area contributed by atoms with Crippen LogP contribution in [0, 0.1) is 5.92 Å². The molecule has 1 fully saturated rings. The summed E-state index contributed by atoms with van der Waals surface area (Å²) in [5, 5.41) is 0. The predicted octanol–water partition coefficient (Wildman–Crippen LogP) is 1.02. The van der Waals surface area contributed by atoms with Gasteiger partial charge in [0.25, 0.3) is 0 Å². The van der Waals surface area contributed by atoms with Gasteiger partial charge in [0.05, 0.1) is 24.0 Å². The van der Waals surface area contributed by atoms with Crippen LogP contribution in [0.3, 0.4) is 0 Å². The lowest BCUT2D eigenvalue weighted by Gasteiger charge is -2.25. The third-order valence-corrected chi connectivity index (χ3v) is 3.81. The van der Waals surface area contributed by atoms with Crippen LogP contribution < -0.4 is 5.73 Å². The molecule has 0 saturated carbocycles. The molecule has 14 heavy (non-hydrogen) atoms. The van der Waals surface area contributed by atoms with Gasteiger partial charge in [-0.05, 0) is 24.3 Å². The number of nitrogens with two attached hydrogens (primary N) is 1. The van der Waals surface area contributed by atoms with E-state index >= 15 is 0 Å². The van der Waals surface area contributed by atoms with Gasteiger partial charge in [-0.25, -0.2) is 0 Å². The summed E-state index contributed by atoms with van der Waals surface area (Å²) in [5.41, 5.74) is 6.25. The van der Waals surface area contributed by atoms with Gasteiger partial charge in [-0.15, -0.1) is 0 Å². The highest BCUT2D eigenvalue weighted by Crippen LogP contribution is 2.16. The molecule has 1 aliphatic rings. The molecule has 1 aromatic rings. The summed E-state index contributed by atoms with van der Waals surface area (Å²) in [7, 11) is -0.906. The maximum absolute atomic E-state index is 11.8. The van der Waals surface area contributed by atoms with Crippen molar-refractivity contribution in [2.75, 3.05) is 24.7 Å². The number of anilines is 1. The van der Waals surface area contributed by atoms with Crippen molar-refractivity contribution in [3.63, 3.8) is 0 Å². The van der Waals surface area contributed by atoms with Crippen LogP contribution in [0.15, 0.2) is 29.2 Å². The third-order valence-electron chi connectivity index (χ3n) is 2.24. The monoisotopic (exact) mass is 211 g/mol. The van der Waals surface area contributed by atoms with Gasteiger partial charge >= 0.3 is 0 Å². The SMILES string of the molecule is Nc1ccc(S(=O)CC2COC2)cc1. The summed E-state index contributed by atoms with van der Waals surface area (Å²) in [4.78, 5) is 0.853. The number of ether oxygens (including phenoxy) is 1. The van der Waals surface area contributed by atoms with Crippen LogP contribution in [-0.2, 0) is 15.5 Å². The van der Waals surface area contributed by atoms with Crippen molar-refractivity contribution in [3.05, 3.63) is 24.3 Å². The molecule has 3 nitrogen and oxygen atoms in total. The molecular weight excluding hydrogens is 198 g/mol. The second-order valence-electron chi connectivity index (χ2n) is 3.48. The molecule has 2 rings (SSSR count). The number of hydrogen-bond acceptors (Lipinski definition) is 3. The minimum atomic E-state index is -0.906. The van der Waals surface area contributed by atoms with E-state index in [1.54, 1.807) is 12.1 Å². The Morgan fingerprint density at radius 2 is 2.00 bits per heavy atom. The van der Waals surface area contributed by atoms with E-state index in [-0.39, 0.29) is 0 Å². The summed E-state index contributed by atoms with van der Waals surface area (Å²) in [5.74, 6) is 1.16. The van der Waals surface area contributed by atoms with Gasteiger partial charge in [-0.2, -0.15) is 0 Å². The summed E-state index contributed by atoms with van der Waals surface area (Å²) < 4.78 is 16.8. The zero-order chi connectivity index (χ0) is 9.97. The molecule has 0 spiro atoms. The fourth-order valence-corrected chi connectivity index (χ4v) is 2.56. The van der Waals surface area contributed by atoms with E-state index in [1.165, 1.54) is 0 Å². The van der Waals surface area contributed by atoms with E-state index < -0.39 is 10.8 Å². The van der Waals surface area contributed by atoms with E-state index in [0.29, 0.717) is 17.4 Å². The number of nitrogen functional groups attached to an aromatic ring is 1. The van der Waals surface area contributed by atoms with Crippen molar-refractivity contribution in [1.82, 2.24) is 0 Å². The van der Waals surface area contributed by atoms with E-state index in [2.05, 4.69) is 0 Å². The molecule has 4 heteroatoms. The third kappa shape index (κ3) is 2.13. The quantitative estimate of drug-likeness (QED) is 0.759. The topological polar surface area (TPSA) is 52.3 Å². The molecule has 1 saturated heterocycles. The molecule has 0 radical (unpaired) electrons. The lowest BCUT2D eigenvalue weighted by Crippen LogP contribution is -2.32. The Hall–Kier alpha value is -0.870. The highest BCUT2D eigenvalue weighted by atomic mass is 32.2. The number of rotatable bonds is 3. The number of hydrogen-bond donors (Lipinski definition) is 1. The maximum Gasteiger partial charge on any atom is 0.0534 e. The number of benzene rings is 1. The van der Waals surface area contributed by atoms with Gasteiger partial charge in [-0.3, -0.25) is 4.21 Å². The van der Waals surface area contributed by atoms with E-state index in [4.69, 9.17) is 10.5 Å². The van der Waals surface area contributed by atoms with Crippen LogP contribution in [0.5, 0.6) is 0 Å². The molecule has 1 aliphatic heterocycles. The Bertz CT molecular complexity index is 332. The van der Waals surface area contributed by atoms with Gasteiger partial charge in [0.15, 0.2) is 0 Å². The summed E-state index contributed by atoms with van der Waals surface area (Å²) in [6, 6.07) is 7.21. The summed E-state index contributed by atoms with van der Waals surface area (Å²) in [6.45, 7) is 1.50. The Morgan fingerprint density at radius 1 is 1.36 bits per heavy atom. The van der Waals surface area contributed by atoms with Crippen molar-refractivity contribution in [2.24, 2.45) is 5.92 Å². The first-order chi connectivity index (χ1) is 6.75. The van der Waals surface area contributed by atoms with Crippen molar-refractivity contribution < 1.29 is 8.95 Å². The minimum absolute atomic E-state index is 0.466. The second-order valence-corrected chi connectivity index (χ2v) is 4.98. The average Bonchev–Trinajstić information content (AvgIpc) is 2.12. The smallest absolute Gasteiger partial charge is 0.0534 e. The predicted molar refractivity (Wildman–Crippen MR) is 56.4 cm³/mol. The molecule has 0 aliphatic carbocycles. The van der Waals surface area contributed by atoms with Crippen LogP contribution in [0.4, 0.5) is 5.69 Å². The normalized spacial score (nSPS) is 18.9. The molecular formula is C10H13NO2S. The van der Waals surface area contributed by atoms with Crippen molar-refractivity contribution in [1.29, 1.82) is 0 Å². The van der Waals surface area contributed by atoms with Crippen molar-refractivity contribution in [3.8, 4) is 0 Å². The maximum atomic E-state index is 11.8. The largest absolute Gasteiger partial charge is 0.399 e. The van der Waals surface area contributed by atoms with Crippen LogP contribution in [-0.4, -0.2) is 23.2 Å². The lowest BCUT2D eigenvalue weighted by molar-refractivity contribution is -0.0200. The van der Waals surface area contributed by atoms with E-state index in [9.17, 15) is 4.21 Å². The zero-order valence-electron chi connectivity index (χ0n) is 7.81. The standard InChI is InChI=1S/C10H13NO2S/c11-9-1-3-10(4-2-9)14(12)7-8-5-13-6-8/h1-4,8H,5-7,11H2. The van der Waals surface area contributed by atoms with Gasteiger partial charge in [-0.1, -0.05) is 0 Å². The Balaban J connectivity index is 1.99. The highest BCUT2D eigenvalue weighted by Gasteiger charge is 2.21. The fraction of sp³-hybridized carbons (Fsp3) is 0.400. The minimum Gasteiger partial charge on any atom is -0.399 e. The molecule has 0 aromatic heterocycles. The van der Waals surface area contributed by atoms with Gasteiger partial charge in [0.2, 0.25) is 0 Å². The van der Waals surface area contributed by atoms with Crippen molar-refractivity contribution >= 4 is 16.5 Å². The highest BCUT2D eigenvalue weighted by molar-refractivity contribution is 7.85. The Kier molecular flexibility index (Phi) is 2.84. The molecule has 1 unspecified atom stereocenters. The first-order valence-corrected chi connectivity index (χ1v) is 5.89. The molecule has 2 N–H and O–H groups in total. The van der Waals surface area contributed by atoms with Crippen LogP contribution >= 0.6 is 0 Å². The van der Waals surface area contributed by atoms with Crippen molar-refractivity contribution in [2.45, 2.75) is 4.90 Å². The van der Waals surface area contributed by atoms with Gasteiger partial charge in [0.1, 0.15) is 0 Å². The summed E-state index contributed by atoms with van der Waals surface area (Å²) >= 11 is 0. The zero-order valence-corrected chi connectivity index (χ0v) is 8.63. The molecule has 76 valence electrons. The van der Waals surface area contributed by atoms with Crippen LogP contribution in [0.25, 0.3) is 0 Å². The molecule has 0 amide bonds. The summed E-state index contributed by atoms with van der Waals surface area (Å²) in [6.07, 6.45) is 0. The van der Waals surface area contributed by atoms with E-state index in [0.717, 1.165) is 18.1 Å². The molecule has 0 bridgehead atoms. The Labute approximate surface area is 85.7 Å². The average molecular weight is 211 g/mol. The van der Waals surface area contributed by atoms with Gasteiger partial charge < -0.3 is 10.5 Å². The van der Waals surface area contributed by atoms with Crippen LogP contribution in [0.2, 0.25) is 0 Å². The second kappa shape index (κ2) is 4.11. The Morgan fingerprint density at radius 3 is 2.50 bits per heavy atom.